The van der Waals surface area contributed by atoms with Crippen LogP contribution in [0.1, 0.15) is 56.5 Å². The number of hydrogen-bond acceptors (Lipinski definition) is 3. The van der Waals surface area contributed by atoms with E-state index in [0.29, 0.717) is 12.1 Å². The van der Waals surface area contributed by atoms with Gasteiger partial charge in [-0.1, -0.05) is 26.0 Å². The highest BCUT2D eigenvalue weighted by Gasteiger charge is 2.29. The first-order chi connectivity index (χ1) is 13.4. The summed E-state index contributed by atoms with van der Waals surface area (Å²) in [5.41, 5.74) is -0.609. The number of hydrogen-bond donors (Lipinski definition) is 0. The van der Waals surface area contributed by atoms with Crippen molar-refractivity contribution in [1.82, 2.24) is 0 Å². The fourth-order valence-electron chi connectivity index (χ4n) is 2.72. The first-order valence-electron chi connectivity index (χ1n) is 9.17. The van der Waals surface area contributed by atoms with E-state index in [0.717, 1.165) is 10.5 Å². The van der Waals surface area contributed by atoms with Crippen molar-refractivity contribution >= 4 is 17.6 Å². The Morgan fingerprint density at radius 3 is 2.14 bits per heavy atom. The van der Waals surface area contributed by atoms with Crippen molar-refractivity contribution in [3.8, 4) is 0 Å². The summed E-state index contributed by atoms with van der Waals surface area (Å²) in [6.07, 6.45) is 0. The summed E-state index contributed by atoms with van der Waals surface area (Å²) in [5.74, 6) is -5.57. The SMILES string of the molecule is CC(C)c1cccc(N(CC(=O)OC(C)(C)C)C(=O)c2c(F)cc(F)cc2F)c1. The van der Waals surface area contributed by atoms with E-state index in [1.165, 1.54) is 0 Å². The fourth-order valence-corrected chi connectivity index (χ4v) is 2.72. The maximum absolute atomic E-state index is 14.2. The van der Waals surface area contributed by atoms with Crippen LogP contribution in [0.25, 0.3) is 0 Å². The van der Waals surface area contributed by atoms with Gasteiger partial charge in [0.25, 0.3) is 5.91 Å². The zero-order valence-electron chi connectivity index (χ0n) is 17.1. The highest BCUT2D eigenvalue weighted by atomic mass is 19.1. The molecule has 0 unspecified atom stereocenters. The molecule has 2 aromatic rings. The molecule has 0 aliphatic heterocycles. The van der Waals surface area contributed by atoms with E-state index < -0.39 is 47.0 Å². The lowest BCUT2D eigenvalue weighted by atomic mass is 10.0. The van der Waals surface area contributed by atoms with Gasteiger partial charge in [0.05, 0.1) is 0 Å². The molecule has 0 fully saturated rings. The zero-order chi connectivity index (χ0) is 21.9. The van der Waals surface area contributed by atoms with E-state index in [1.54, 1.807) is 39.0 Å². The van der Waals surface area contributed by atoms with Gasteiger partial charge in [-0.05, 0) is 44.4 Å². The molecule has 156 valence electrons. The van der Waals surface area contributed by atoms with Gasteiger partial charge in [-0.25, -0.2) is 13.2 Å². The van der Waals surface area contributed by atoms with Crippen LogP contribution in [-0.2, 0) is 9.53 Å². The topological polar surface area (TPSA) is 46.6 Å². The second-order valence-corrected chi connectivity index (χ2v) is 7.97. The van der Waals surface area contributed by atoms with E-state index in [1.807, 2.05) is 19.9 Å². The van der Waals surface area contributed by atoms with Crippen LogP contribution in [0.4, 0.5) is 18.9 Å². The Bertz CT molecular complexity index is 897. The molecule has 0 saturated heterocycles. The molecule has 0 saturated carbocycles. The number of anilines is 1. The molecule has 29 heavy (non-hydrogen) atoms. The second-order valence-electron chi connectivity index (χ2n) is 7.97. The van der Waals surface area contributed by atoms with Crippen molar-refractivity contribution in [2.24, 2.45) is 0 Å². The molecule has 0 heterocycles. The Balaban J connectivity index is 2.51. The standard InChI is InChI=1S/C22H24F3NO3/c1-13(2)14-7-6-8-16(9-14)26(12-19(27)29-22(3,4)5)21(28)20-17(24)10-15(23)11-18(20)25/h6-11,13H,12H2,1-5H3. The van der Waals surface area contributed by atoms with E-state index in [2.05, 4.69) is 0 Å². The summed E-state index contributed by atoms with van der Waals surface area (Å²) in [5, 5.41) is 0. The van der Waals surface area contributed by atoms with Crippen LogP contribution < -0.4 is 4.90 Å². The number of carbonyl (C=O) groups is 2. The van der Waals surface area contributed by atoms with Crippen LogP contribution in [0.2, 0.25) is 0 Å². The Labute approximate surface area is 168 Å². The number of benzene rings is 2. The van der Waals surface area contributed by atoms with Crippen LogP contribution in [0.15, 0.2) is 36.4 Å². The van der Waals surface area contributed by atoms with Gasteiger partial charge >= 0.3 is 5.97 Å². The minimum atomic E-state index is -1.35. The maximum atomic E-state index is 14.2. The lowest BCUT2D eigenvalue weighted by Crippen LogP contribution is -2.39. The minimum absolute atomic E-state index is 0.118. The van der Waals surface area contributed by atoms with Crippen molar-refractivity contribution < 1.29 is 27.5 Å². The number of amides is 1. The summed E-state index contributed by atoms with van der Waals surface area (Å²) < 4.78 is 46.9. The summed E-state index contributed by atoms with van der Waals surface area (Å²) in [4.78, 5) is 26.3. The average molecular weight is 407 g/mol. The Hall–Kier alpha value is -2.83. The van der Waals surface area contributed by atoms with Crippen LogP contribution >= 0.6 is 0 Å². The summed E-state index contributed by atoms with van der Waals surface area (Å²) in [7, 11) is 0. The fraction of sp³-hybridized carbons (Fsp3) is 0.364. The number of ether oxygens (including phenoxy) is 1. The van der Waals surface area contributed by atoms with Crippen molar-refractivity contribution in [3.63, 3.8) is 0 Å². The molecule has 2 rings (SSSR count). The third-order valence-electron chi connectivity index (χ3n) is 4.02. The molecular formula is C22H24F3NO3. The number of rotatable bonds is 5. The summed E-state index contributed by atoms with van der Waals surface area (Å²) >= 11 is 0. The monoisotopic (exact) mass is 407 g/mol. The first-order valence-corrected chi connectivity index (χ1v) is 9.17. The summed E-state index contributed by atoms with van der Waals surface area (Å²) in [6.45, 7) is 8.31. The quantitative estimate of drug-likeness (QED) is 0.639. The van der Waals surface area contributed by atoms with Crippen LogP contribution in [0, 0.1) is 17.5 Å². The van der Waals surface area contributed by atoms with Gasteiger partial charge in [-0.3, -0.25) is 14.5 Å². The Morgan fingerprint density at radius 2 is 1.62 bits per heavy atom. The molecule has 7 heteroatoms. The van der Waals surface area contributed by atoms with Gasteiger partial charge < -0.3 is 4.74 Å². The van der Waals surface area contributed by atoms with E-state index in [9.17, 15) is 22.8 Å². The molecule has 2 aromatic carbocycles. The van der Waals surface area contributed by atoms with E-state index in [4.69, 9.17) is 4.74 Å². The zero-order valence-corrected chi connectivity index (χ0v) is 17.1. The van der Waals surface area contributed by atoms with Crippen LogP contribution in [0.3, 0.4) is 0 Å². The van der Waals surface area contributed by atoms with Crippen molar-refractivity contribution in [3.05, 3.63) is 65.0 Å². The van der Waals surface area contributed by atoms with Gasteiger partial charge in [-0.15, -0.1) is 0 Å². The molecule has 0 atom stereocenters. The lowest BCUT2D eigenvalue weighted by Gasteiger charge is -2.26. The summed E-state index contributed by atoms with van der Waals surface area (Å²) in [6, 6.07) is 7.57. The van der Waals surface area contributed by atoms with Gasteiger partial charge in [0, 0.05) is 17.8 Å². The van der Waals surface area contributed by atoms with Gasteiger partial charge in [0.15, 0.2) is 0 Å². The third-order valence-corrected chi connectivity index (χ3v) is 4.02. The smallest absolute Gasteiger partial charge is 0.326 e. The second kappa shape index (κ2) is 8.68. The van der Waals surface area contributed by atoms with Gasteiger partial charge in [-0.2, -0.15) is 0 Å². The van der Waals surface area contributed by atoms with Crippen LogP contribution in [-0.4, -0.2) is 24.0 Å². The van der Waals surface area contributed by atoms with Crippen molar-refractivity contribution in [2.75, 3.05) is 11.4 Å². The molecule has 0 spiro atoms. The maximum Gasteiger partial charge on any atom is 0.326 e. The third kappa shape index (κ3) is 5.82. The lowest BCUT2D eigenvalue weighted by molar-refractivity contribution is -0.152. The molecule has 0 radical (unpaired) electrons. The molecule has 0 bridgehead atoms. The average Bonchev–Trinajstić information content (AvgIpc) is 2.57. The normalized spacial score (nSPS) is 11.5. The molecule has 0 N–H and O–H groups in total. The molecule has 0 aromatic heterocycles. The first kappa shape index (κ1) is 22.5. The Morgan fingerprint density at radius 1 is 1.03 bits per heavy atom. The van der Waals surface area contributed by atoms with Crippen LogP contribution in [0.5, 0.6) is 0 Å². The predicted molar refractivity (Wildman–Crippen MR) is 104 cm³/mol. The number of carbonyl (C=O) groups excluding carboxylic acids is 2. The predicted octanol–water partition coefficient (Wildman–Crippen LogP) is 5.22. The molecular weight excluding hydrogens is 383 g/mol. The molecule has 1 amide bonds. The number of nitrogens with zero attached hydrogens (tertiary/aromatic N) is 1. The molecule has 4 nitrogen and oxygen atoms in total. The van der Waals surface area contributed by atoms with Crippen molar-refractivity contribution in [1.29, 1.82) is 0 Å². The number of esters is 1. The van der Waals surface area contributed by atoms with E-state index >= 15 is 0 Å². The molecule has 0 aliphatic rings. The van der Waals surface area contributed by atoms with E-state index in [-0.39, 0.29) is 11.6 Å². The largest absolute Gasteiger partial charge is 0.459 e. The molecule has 0 aliphatic carbocycles. The highest BCUT2D eigenvalue weighted by Crippen LogP contribution is 2.25. The highest BCUT2D eigenvalue weighted by molar-refractivity contribution is 6.08. The minimum Gasteiger partial charge on any atom is -0.459 e. The van der Waals surface area contributed by atoms with Gasteiger partial charge in [0.1, 0.15) is 35.2 Å². The number of halogens is 3. The van der Waals surface area contributed by atoms with Crippen molar-refractivity contribution in [2.45, 2.75) is 46.1 Å². The van der Waals surface area contributed by atoms with Gasteiger partial charge in [0.2, 0.25) is 0 Å². The Kier molecular flexibility index (Phi) is 6.72.